The molecule has 10 heteroatoms. The van der Waals surface area contributed by atoms with Gasteiger partial charge in [0.2, 0.25) is 5.91 Å². The summed E-state index contributed by atoms with van der Waals surface area (Å²) in [6.07, 6.45) is 1.59. The van der Waals surface area contributed by atoms with Crippen LogP contribution in [0.1, 0.15) is 10.4 Å². The number of piperazine rings is 1. The van der Waals surface area contributed by atoms with Crippen LogP contribution < -0.4 is 10.2 Å². The van der Waals surface area contributed by atoms with Gasteiger partial charge in [-0.3, -0.25) is 9.59 Å². The maximum absolute atomic E-state index is 14.0. The summed E-state index contributed by atoms with van der Waals surface area (Å²) in [7, 11) is 0. The number of nitrogens with one attached hydrogen (secondary N) is 1. The number of carbonyl (C=O) groups excluding carboxylic acids is 2. The standard InChI is InChI=1S/C24H21BrClFN4O2S/c25-16-6-7-21(20(27)13-16)29-22(32)15-34-23-19(5-2-8-28-23)24(33)31-11-9-30(10-12-31)18-4-1-3-17(26)14-18/h1-8,13-14H,9-12,15H2,(H,29,32). The molecule has 1 fully saturated rings. The fourth-order valence-electron chi connectivity index (χ4n) is 3.59. The minimum absolute atomic E-state index is 0.00462. The van der Waals surface area contributed by atoms with Crippen molar-refractivity contribution >= 4 is 62.5 Å². The van der Waals surface area contributed by atoms with E-state index in [0.29, 0.717) is 46.3 Å². The molecule has 176 valence electrons. The molecule has 2 heterocycles. The number of thioether (sulfide) groups is 1. The molecule has 0 saturated carbocycles. The van der Waals surface area contributed by atoms with Gasteiger partial charge >= 0.3 is 0 Å². The van der Waals surface area contributed by atoms with Gasteiger partial charge in [0.05, 0.1) is 17.0 Å². The van der Waals surface area contributed by atoms with E-state index in [4.69, 9.17) is 11.6 Å². The van der Waals surface area contributed by atoms with Gasteiger partial charge in [-0.05, 0) is 48.5 Å². The van der Waals surface area contributed by atoms with Crippen LogP contribution in [-0.4, -0.2) is 53.6 Å². The molecule has 3 aromatic rings. The molecule has 0 bridgehead atoms. The zero-order valence-corrected chi connectivity index (χ0v) is 21.2. The second-order valence-electron chi connectivity index (χ2n) is 7.58. The van der Waals surface area contributed by atoms with E-state index in [1.807, 2.05) is 24.3 Å². The lowest BCUT2D eigenvalue weighted by atomic mass is 10.2. The minimum atomic E-state index is -0.529. The fourth-order valence-corrected chi connectivity index (χ4v) is 4.89. The fraction of sp³-hybridized carbons (Fsp3) is 0.208. The first-order chi connectivity index (χ1) is 16.4. The summed E-state index contributed by atoms with van der Waals surface area (Å²) in [5, 5.41) is 3.70. The Morgan fingerprint density at radius 1 is 1.09 bits per heavy atom. The van der Waals surface area contributed by atoms with E-state index in [0.717, 1.165) is 17.4 Å². The van der Waals surface area contributed by atoms with Crippen LogP contribution in [0.25, 0.3) is 0 Å². The quantitative estimate of drug-likeness (QED) is 0.411. The number of benzene rings is 2. The molecule has 1 N–H and O–H groups in total. The van der Waals surface area contributed by atoms with Gasteiger partial charge in [-0.25, -0.2) is 9.37 Å². The van der Waals surface area contributed by atoms with Crippen molar-refractivity contribution in [1.82, 2.24) is 9.88 Å². The van der Waals surface area contributed by atoms with Gasteiger partial charge in [-0.2, -0.15) is 0 Å². The average Bonchev–Trinajstić information content (AvgIpc) is 2.84. The molecule has 0 unspecified atom stereocenters. The second-order valence-corrected chi connectivity index (χ2v) is 9.89. The summed E-state index contributed by atoms with van der Waals surface area (Å²) < 4.78 is 14.6. The van der Waals surface area contributed by atoms with Gasteiger partial charge in [0, 0.05) is 47.6 Å². The summed E-state index contributed by atoms with van der Waals surface area (Å²) in [6, 6.07) is 15.5. The molecule has 2 aromatic carbocycles. The van der Waals surface area contributed by atoms with Gasteiger partial charge in [0.15, 0.2) is 0 Å². The maximum atomic E-state index is 14.0. The Labute approximate surface area is 214 Å². The molecular weight excluding hydrogens is 543 g/mol. The van der Waals surface area contributed by atoms with Crippen LogP contribution in [-0.2, 0) is 4.79 Å². The average molecular weight is 564 g/mol. The molecule has 1 saturated heterocycles. The van der Waals surface area contributed by atoms with Gasteiger partial charge < -0.3 is 15.1 Å². The second kappa shape index (κ2) is 11.2. The molecule has 0 atom stereocenters. The molecule has 0 radical (unpaired) electrons. The summed E-state index contributed by atoms with van der Waals surface area (Å²) in [4.78, 5) is 33.9. The Morgan fingerprint density at radius 3 is 2.62 bits per heavy atom. The van der Waals surface area contributed by atoms with Gasteiger partial charge in [0.25, 0.3) is 5.91 Å². The Kier molecular flexibility index (Phi) is 8.07. The molecule has 2 amide bonds. The Hall–Kier alpha value is -2.62. The molecule has 1 aliphatic heterocycles. The lowest BCUT2D eigenvalue weighted by molar-refractivity contribution is -0.113. The van der Waals surface area contributed by atoms with E-state index in [1.165, 1.54) is 12.1 Å². The van der Waals surface area contributed by atoms with Crippen molar-refractivity contribution in [3.05, 3.63) is 81.7 Å². The predicted molar refractivity (Wildman–Crippen MR) is 137 cm³/mol. The number of hydrogen-bond acceptors (Lipinski definition) is 5. The minimum Gasteiger partial charge on any atom is -0.368 e. The van der Waals surface area contributed by atoms with Crippen LogP contribution in [0.4, 0.5) is 15.8 Å². The molecule has 0 aliphatic carbocycles. The molecule has 0 spiro atoms. The number of amides is 2. The van der Waals surface area contributed by atoms with E-state index in [1.54, 1.807) is 29.3 Å². The van der Waals surface area contributed by atoms with Crippen molar-refractivity contribution in [2.24, 2.45) is 0 Å². The van der Waals surface area contributed by atoms with Crippen LogP contribution in [0, 0.1) is 5.82 Å². The predicted octanol–water partition coefficient (Wildman–Crippen LogP) is 5.33. The normalized spacial score (nSPS) is 13.6. The SMILES string of the molecule is O=C(CSc1ncccc1C(=O)N1CCN(c2cccc(Cl)c2)CC1)Nc1ccc(Br)cc1F. The highest BCUT2D eigenvalue weighted by Crippen LogP contribution is 2.25. The van der Waals surface area contributed by atoms with Crippen molar-refractivity contribution in [2.75, 3.05) is 42.1 Å². The molecule has 6 nitrogen and oxygen atoms in total. The first-order valence-corrected chi connectivity index (χ1v) is 12.7. The Morgan fingerprint density at radius 2 is 1.88 bits per heavy atom. The van der Waals surface area contributed by atoms with Crippen molar-refractivity contribution in [1.29, 1.82) is 0 Å². The number of anilines is 2. The maximum Gasteiger partial charge on any atom is 0.256 e. The van der Waals surface area contributed by atoms with Crippen molar-refractivity contribution < 1.29 is 14.0 Å². The summed E-state index contributed by atoms with van der Waals surface area (Å²) in [5.74, 6) is -1.04. The third-order valence-electron chi connectivity index (χ3n) is 5.29. The third-order valence-corrected chi connectivity index (χ3v) is 7.02. The summed E-state index contributed by atoms with van der Waals surface area (Å²) >= 11 is 10.4. The monoisotopic (exact) mass is 562 g/mol. The first-order valence-electron chi connectivity index (χ1n) is 10.5. The highest BCUT2D eigenvalue weighted by Gasteiger charge is 2.25. The highest BCUT2D eigenvalue weighted by molar-refractivity contribution is 9.10. The van der Waals surface area contributed by atoms with Crippen LogP contribution in [0.5, 0.6) is 0 Å². The van der Waals surface area contributed by atoms with Gasteiger partial charge in [0.1, 0.15) is 10.8 Å². The van der Waals surface area contributed by atoms with Crippen molar-refractivity contribution in [3.63, 3.8) is 0 Å². The van der Waals surface area contributed by atoms with E-state index < -0.39 is 5.82 Å². The van der Waals surface area contributed by atoms with Crippen LogP contribution >= 0.6 is 39.3 Å². The number of halogens is 3. The van der Waals surface area contributed by atoms with E-state index in [-0.39, 0.29) is 23.3 Å². The molecule has 34 heavy (non-hydrogen) atoms. The molecular formula is C24H21BrClFN4O2S. The molecule has 1 aromatic heterocycles. The number of pyridine rings is 1. The molecule has 4 rings (SSSR count). The number of nitrogens with zero attached hydrogens (tertiary/aromatic N) is 3. The van der Waals surface area contributed by atoms with Gasteiger partial charge in [-0.1, -0.05) is 45.4 Å². The Balaban J connectivity index is 1.36. The zero-order chi connectivity index (χ0) is 24.1. The van der Waals surface area contributed by atoms with Crippen LogP contribution in [0.2, 0.25) is 5.02 Å². The zero-order valence-electron chi connectivity index (χ0n) is 18.0. The van der Waals surface area contributed by atoms with Crippen molar-refractivity contribution in [2.45, 2.75) is 5.03 Å². The van der Waals surface area contributed by atoms with Gasteiger partial charge in [-0.15, -0.1) is 0 Å². The largest absolute Gasteiger partial charge is 0.368 e. The third kappa shape index (κ3) is 6.08. The lowest BCUT2D eigenvalue weighted by Crippen LogP contribution is -2.49. The smallest absolute Gasteiger partial charge is 0.256 e. The highest BCUT2D eigenvalue weighted by atomic mass is 79.9. The topological polar surface area (TPSA) is 65.5 Å². The summed E-state index contributed by atoms with van der Waals surface area (Å²) in [5.41, 5.74) is 1.58. The molecule has 1 aliphatic rings. The van der Waals surface area contributed by atoms with Crippen LogP contribution in [0.3, 0.4) is 0 Å². The van der Waals surface area contributed by atoms with Crippen LogP contribution in [0.15, 0.2) is 70.3 Å². The van der Waals surface area contributed by atoms with E-state index in [2.05, 4.69) is 31.1 Å². The summed E-state index contributed by atoms with van der Waals surface area (Å²) in [6.45, 7) is 2.51. The van der Waals surface area contributed by atoms with Crippen molar-refractivity contribution in [3.8, 4) is 0 Å². The number of aromatic nitrogens is 1. The lowest BCUT2D eigenvalue weighted by Gasteiger charge is -2.36. The Bertz CT molecular complexity index is 1210. The number of rotatable bonds is 6. The first kappa shape index (κ1) is 24.5. The number of carbonyl (C=O) groups is 2. The number of hydrogen-bond donors (Lipinski definition) is 1. The van der Waals surface area contributed by atoms with E-state index >= 15 is 0 Å². The van der Waals surface area contributed by atoms with E-state index in [9.17, 15) is 14.0 Å².